The topological polar surface area (TPSA) is 52.3 Å². The van der Waals surface area contributed by atoms with Gasteiger partial charge < -0.3 is 9.26 Å². The Bertz CT molecular complexity index is 818. The van der Waals surface area contributed by atoms with Crippen LogP contribution in [0.5, 0.6) is 0 Å². The number of thiophene rings is 1. The van der Waals surface area contributed by atoms with Gasteiger partial charge in [-0.1, -0.05) is 35.5 Å². The summed E-state index contributed by atoms with van der Waals surface area (Å²) < 4.78 is 10.0. The third kappa shape index (κ3) is 4.17. The zero-order valence-electron chi connectivity index (χ0n) is 12.6. The molecule has 2 heterocycles. The van der Waals surface area contributed by atoms with E-state index in [1.807, 2.05) is 30.3 Å². The highest BCUT2D eigenvalue weighted by atomic mass is 32.1. The van der Waals surface area contributed by atoms with Crippen LogP contribution in [0.4, 0.5) is 0 Å². The number of carbonyl (C=O) groups excluding carboxylic acids is 1. The lowest BCUT2D eigenvalue weighted by molar-refractivity contribution is -0.139. The van der Waals surface area contributed by atoms with Crippen LogP contribution in [0.15, 0.2) is 59.1 Å². The quantitative estimate of drug-likeness (QED) is 0.513. The van der Waals surface area contributed by atoms with Gasteiger partial charge in [-0.3, -0.25) is 0 Å². The van der Waals surface area contributed by atoms with Crippen LogP contribution in [0.25, 0.3) is 16.5 Å². The van der Waals surface area contributed by atoms with E-state index < -0.39 is 5.97 Å². The molecule has 5 heteroatoms. The van der Waals surface area contributed by atoms with Crippen molar-refractivity contribution in [1.82, 2.24) is 5.16 Å². The first-order valence-corrected chi connectivity index (χ1v) is 7.94. The molecular formula is C18H15NO3S. The smallest absolute Gasteiger partial charge is 0.331 e. The first kappa shape index (κ1) is 15.2. The van der Waals surface area contributed by atoms with Crippen LogP contribution in [0.2, 0.25) is 0 Å². The Morgan fingerprint density at radius 3 is 2.83 bits per heavy atom. The van der Waals surface area contributed by atoms with E-state index >= 15 is 0 Å². The SMILES string of the molecule is Cc1cc(COC(=O)/C=C/c2ccc(-c3ccccc3)s2)no1. The van der Waals surface area contributed by atoms with Gasteiger partial charge in [-0.05, 0) is 30.7 Å². The zero-order valence-corrected chi connectivity index (χ0v) is 13.4. The maximum Gasteiger partial charge on any atom is 0.331 e. The van der Waals surface area contributed by atoms with Crippen molar-refractivity contribution in [3.63, 3.8) is 0 Å². The summed E-state index contributed by atoms with van der Waals surface area (Å²) in [4.78, 5) is 13.9. The average molecular weight is 325 g/mol. The highest BCUT2D eigenvalue weighted by molar-refractivity contribution is 7.16. The summed E-state index contributed by atoms with van der Waals surface area (Å²) in [6, 6.07) is 15.9. The second kappa shape index (κ2) is 7.07. The molecule has 0 atom stereocenters. The summed E-state index contributed by atoms with van der Waals surface area (Å²) in [6.45, 7) is 1.90. The molecule has 3 aromatic rings. The van der Waals surface area contributed by atoms with Crippen molar-refractivity contribution in [1.29, 1.82) is 0 Å². The number of hydrogen-bond donors (Lipinski definition) is 0. The number of benzene rings is 1. The average Bonchev–Trinajstić information content (AvgIpc) is 3.21. The van der Waals surface area contributed by atoms with Gasteiger partial charge in [-0.2, -0.15) is 0 Å². The highest BCUT2D eigenvalue weighted by Crippen LogP contribution is 2.28. The predicted molar refractivity (Wildman–Crippen MR) is 89.8 cm³/mol. The van der Waals surface area contributed by atoms with Gasteiger partial charge >= 0.3 is 5.97 Å². The summed E-state index contributed by atoms with van der Waals surface area (Å²) in [5.74, 6) is 0.291. The molecule has 0 fully saturated rings. The van der Waals surface area contributed by atoms with Gasteiger partial charge in [-0.25, -0.2) is 4.79 Å². The molecule has 0 amide bonds. The molecule has 4 nitrogen and oxygen atoms in total. The molecule has 0 spiro atoms. The Morgan fingerprint density at radius 2 is 2.09 bits per heavy atom. The van der Waals surface area contributed by atoms with E-state index in [1.54, 1.807) is 30.4 Å². The molecular weight excluding hydrogens is 310 g/mol. The molecule has 0 bridgehead atoms. The number of aryl methyl sites for hydroxylation is 1. The summed E-state index contributed by atoms with van der Waals surface area (Å²) in [7, 11) is 0. The van der Waals surface area contributed by atoms with Crippen molar-refractivity contribution < 1.29 is 14.1 Å². The lowest BCUT2D eigenvalue weighted by atomic mass is 10.2. The first-order chi connectivity index (χ1) is 11.2. The van der Waals surface area contributed by atoms with Gasteiger partial charge in [-0.15, -0.1) is 11.3 Å². The van der Waals surface area contributed by atoms with Crippen molar-refractivity contribution in [2.24, 2.45) is 0 Å². The van der Waals surface area contributed by atoms with Crippen LogP contribution >= 0.6 is 11.3 Å². The summed E-state index contributed by atoms with van der Waals surface area (Å²) >= 11 is 1.62. The fourth-order valence-corrected chi connectivity index (χ4v) is 2.95. The molecule has 3 rings (SSSR count). The third-order valence-corrected chi connectivity index (χ3v) is 4.21. The number of hydrogen-bond acceptors (Lipinski definition) is 5. The molecule has 0 aliphatic carbocycles. The molecule has 0 N–H and O–H groups in total. The monoisotopic (exact) mass is 325 g/mol. The Labute approximate surface area is 138 Å². The molecule has 0 saturated carbocycles. The standard InChI is InChI=1S/C18H15NO3S/c1-13-11-15(19-22-13)12-21-18(20)10-8-16-7-9-17(23-16)14-5-3-2-4-6-14/h2-11H,12H2,1H3/b10-8+. The minimum Gasteiger partial charge on any atom is -0.456 e. The fourth-order valence-electron chi connectivity index (χ4n) is 2.03. The Kier molecular flexibility index (Phi) is 4.68. The van der Waals surface area contributed by atoms with Crippen molar-refractivity contribution in [2.75, 3.05) is 0 Å². The lowest BCUT2D eigenvalue weighted by Crippen LogP contribution is -2.00. The fraction of sp³-hybridized carbons (Fsp3) is 0.111. The number of nitrogens with zero attached hydrogens (tertiary/aromatic N) is 1. The molecule has 116 valence electrons. The van der Waals surface area contributed by atoms with Gasteiger partial charge in [0.1, 0.15) is 18.1 Å². The van der Waals surface area contributed by atoms with Crippen LogP contribution in [0, 0.1) is 6.92 Å². The molecule has 0 saturated heterocycles. The highest BCUT2D eigenvalue weighted by Gasteiger charge is 2.04. The van der Waals surface area contributed by atoms with E-state index in [4.69, 9.17) is 9.26 Å². The van der Waals surface area contributed by atoms with Gasteiger partial charge in [0.2, 0.25) is 0 Å². The van der Waals surface area contributed by atoms with Crippen LogP contribution in [0.1, 0.15) is 16.3 Å². The van der Waals surface area contributed by atoms with Gasteiger partial charge in [0.05, 0.1) is 0 Å². The Hall–Kier alpha value is -2.66. The Morgan fingerprint density at radius 1 is 1.26 bits per heavy atom. The molecule has 0 unspecified atom stereocenters. The molecule has 1 aromatic carbocycles. The summed E-state index contributed by atoms with van der Waals surface area (Å²) in [5, 5.41) is 3.77. The van der Waals surface area contributed by atoms with Crippen molar-refractivity contribution >= 4 is 23.4 Å². The normalized spacial score (nSPS) is 11.0. The van der Waals surface area contributed by atoms with E-state index in [0.717, 1.165) is 9.75 Å². The van der Waals surface area contributed by atoms with Crippen molar-refractivity contribution in [3.8, 4) is 10.4 Å². The van der Waals surface area contributed by atoms with Crippen molar-refractivity contribution in [2.45, 2.75) is 13.5 Å². The maximum absolute atomic E-state index is 11.7. The van der Waals surface area contributed by atoms with Gasteiger partial charge in [0, 0.05) is 21.9 Å². The van der Waals surface area contributed by atoms with E-state index in [0.29, 0.717) is 11.5 Å². The minimum atomic E-state index is -0.402. The third-order valence-electron chi connectivity index (χ3n) is 3.11. The number of aromatic nitrogens is 1. The second-order valence-corrected chi connectivity index (χ2v) is 6.05. The number of carbonyl (C=O) groups is 1. The van der Waals surface area contributed by atoms with Crippen LogP contribution in [-0.4, -0.2) is 11.1 Å². The molecule has 0 aliphatic heterocycles. The Balaban J connectivity index is 1.57. The van der Waals surface area contributed by atoms with Gasteiger partial charge in [0.25, 0.3) is 0 Å². The van der Waals surface area contributed by atoms with Crippen LogP contribution < -0.4 is 0 Å². The summed E-state index contributed by atoms with van der Waals surface area (Å²) in [6.07, 6.45) is 3.18. The molecule has 2 aromatic heterocycles. The minimum absolute atomic E-state index is 0.111. The molecule has 23 heavy (non-hydrogen) atoms. The number of esters is 1. The maximum atomic E-state index is 11.7. The van der Waals surface area contributed by atoms with E-state index in [2.05, 4.69) is 17.3 Å². The van der Waals surface area contributed by atoms with Crippen LogP contribution in [0.3, 0.4) is 0 Å². The van der Waals surface area contributed by atoms with Crippen LogP contribution in [-0.2, 0) is 16.1 Å². The largest absolute Gasteiger partial charge is 0.456 e. The van der Waals surface area contributed by atoms with E-state index in [1.165, 1.54) is 11.6 Å². The first-order valence-electron chi connectivity index (χ1n) is 7.13. The van der Waals surface area contributed by atoms with E-state index in [-0.39, 0.29) is 6.61 Å². The molecule has 0 aliphatic rings. The summed E-state index contributed by atoms with van der Waals surface area (Å²) in [5.41, 5.74) is 1.77. The van der Waals surface area contributed by atoms with Crippen molar-refractivity contribution in [3.05, 3.63) is 70.9 Å². The van der Waals surface area contributed by atoms with Gasteiger partial charge in [0.15, 0.2) is 0 Å². The predicted octanol–water partition coefficient (Wildman–Crippen LogP) is 4.47. The molecule has 0 radical (unpaired) electrons. The second-order valence-electron chi connectivity index (χ2n) is 4.94. The number of ether oxygens (including phenoxy) is 1. The van der Waals surface area contributed by atoms with E-state index in [9.17, 15) is 4.79 Å². The number of rotatable bonds is 5. The zero-order chi connectivity index (χ0) is 16.1. The lowest BCUT2D eigenvalue weighted by Gasteiger charge is -1.97.